The standard InChI is InChI=1S/C19H23N3O2/c1-19(12-17(23)22(2)18(20)21-19)14-8-6-7-13(11-14)15-9-4-5-10-16(15)24-3/h4-11,15-16H,12H2,1-3H3,(H2,20,21). The molecule has 0 radical (unpaired) electrons. The smallest absolute Gasteiger partial charge is 0.231 e. The van der Waals surface area contributed by atoms with E-state index in [4.69, 9.17) is 10.5 Å². The zero-order valence-electron chi connectivity index (χ0n) is 14.3. The molecule has 1 amide bonds. The topological polar surface area (TPSA) is 67.9 Å². The number of carbonyl (C=O) groups excluding carboxylic acids is 1. The van der Waals surface area contributed by atoms with Crippen molar-refractivity contribution in [3.05, 3.63) is 59.7 Å². The lowest BCUT2D eigenvalue weighted by Gasteiger charge is -2.34. The molecule has 0 fully saturated rings. The van der Waals surface area contributed by atoms with Gasteiger partial charge in [-0.3, -0.25) is 9.69 Å². The predicted molar refractivity (Wildman–Crippen MR) is 94.6 cm³/mol. The van der Waals surface area contributed by atoms with Crippen LogP contribution >= 0.6 is 0 Å². The van der Waals surface area contributed by atoms with Crippen molar-refractivity contribution in [1.29, 1.82) is 0 Å². The highest BCUT2D eigenvalue weighted by atomic mass is 16.5. The average Bonchev–Trinajstić information content (AvgIpc) is 2.59. The Kier molecular flexibility index (Phi) is 4.28. The van der Waals surface area contributed by atoms with E-state index in [1.165, 1.54) is 4.90 Å². The number of guanidine groups is 1. The van der Waals surface area contributed by atoms with Crippen molar-refractivity contribution in [1.82, 2.24) is 4.90 Å². The molecule has 1 aromatic carbocycles. The van der Waals surface area contributed by atoms with Gasteiger partial charge in [0.15, 0.2) is 5.96 Å². The van der Waals surface area contributed by atoms with Crippen LogP contribution in [0.5, 0.6) is 0 Å². The van der Waals surface area contributed by atoms with Crippen molar-refractivity contribution in [2.45, 2.75) is 30.9 Å². The second-order valence-corrected chi connectivity index (χ2v) is 6.49. The Hall–Kier alpha value is -2.40. The van der Waals surface area contributed by atoms with Gasteiger partial charge in [-0.15, -0.1) is 0 Å². The molecule has 0 saturated carbocycles. The van der Waals surface area contributed by atoms with E-state index in [1.807, 2.05) is 37.3 Å². The molecule has 1 aliphatic carbocycles. The fourth-order valence-electron chi connectivity index (χ4n) is 3.27. The Bertz CT molecular complexity index is 738. The number of ether oxygens (including phenoxy) is 1. The number of hydrogen-bond donors (Lipinski definition) is 1. The Labute approximate surface area is 142 Å². The van der Waals surface area contributed by atoms with Crippen LogP contribution < -0.4 is 5.73 Å². The molecule has 2 N–H and O–H groups in total. The van der Waals surface area contributed by atoms with Crippen LogP contribution in [0.4, 0.5) is 0 Å². The molecule has 3 unspecified atom stereocenters. The van der Waals surface area contributed by atoms with Gasteiger partial charge in [0, 0.05) is 20.1 Å². The maximum Gasteiger partial charge on any atom is 0.231 e. The molecule has 3 atom stereocenters. The minimum Gasteiger partial charge on any atom is -0.376 e. The van der Waals surface area contributed by atoms with E-state index >= 15 is 0 Å². The number of rotatable bonds is 3. The van der Waals surface area contributed by atoms with Gasteiger partial charge >= 0.3 is 0 Å². The number of amides is 1. The first-order valence-corrected chi connectivity index (χ1v) is 8.05. The number of allylic oxidation sites excluding steroid dienone is 2. The van der Waals surface area contributed by atoms with Crippen LogP contribution in [0.2, 0.25) is 0 Å². The van der Waals surface area contributed by atoms with Gasteiger partial charge in [-0.25, -0.2) is 4.99 Å². The number of aliphatic imine (C=N–C) groups is 1. The summed E-state index contributed by atoms with van der Waals surface area (Å²) in [6.07, 6.45) is 8.52. The molecule has 0 spiro atoms. The molecule has 5 nitrogen and oxygen atoms in total. The lowest BCUT2D eigenvalue weighted by molar-refractivity contribution is -0.128. The summed E-state index contributed by atoms with van der Waals surface area (Å²) < 4.78 is 5.57. The lowest BCUT2D eigenvalue weighted by atomic mass is 9.83. The molecule has 3 rings (SSSR count). The second kappa shape index (κ2) is 6.24. The van der Waals surface area contributed by atoms with Crippen LogP contribution in [-0.2, 0) is 15.1 Å². The Morgan fingerprint density at radius 3 is 2.79 bits per heavy atom. The van der Waals surface area contributed by atoms with Gasteiger partial charge in [0.25, 0.3) is 0 Å². The Morgan fingerprint density at radius 1 is 1.33 bits per heavy atom. The summed E-state index contributed by atoms with van der Waals surface area (Å²) in [5, 5.41) is 0. The summed E-state index contributed by atoms with van der Waals surface area (Å²) in [4.78, 5) is 18.2. The third-order valence-electron chi connectivity index (χ3n) is 4.82. The molecular formula is C19H23N3O2. The fraction of sp³-hybridized carbons (Fsp3) is 0.368. The summed E-state index contributed by atoms with van der Waals surface area (Å²) in [5.74, 6) is 0.381. The van der Waals surface area contributed by atoms with Crippen LogP contribution in [0.25, 0.3) is 0 Å². The molecule has 24 heavy (non-hydrogen) atoms. The Balaban J connectivity index is 1.98. The highest BCUT2D eigenvalue weighted by Crippen LogP contribution is 2.35. The van der Waals surface area contributed by atoms with Crippen molar-refractivity contribution in [3.63, 3.8) is 0 Å². The molecule has 1 heterocycles. The van der Waals surface area contributed by atoms with E-state index in [0.717, 1.165) is 11.1 Å². The fourth-order valence-corrected chi connectivity index (χ4v) is 3.27. The summed E-state index contributed by atoms with van der Waals surface area (Å²) in [5.41, 5.74) is 7.41. The summed E-state index contributed by atoms with van der Waals surface area (Å²) in [6, 6.07) is 8.19. The molecule has 5 heteroatoms. The monoisotopic (exact) mass is 325 g/mol. The third-order valence-corrected chi connectivity index (χ3v) is 4.82. The van der Waals surface area contributed by atoms with E-state index in [9.17, 15) is 4.79 Å². The molecule has 0 saturated heterocycles. The van der Waals surface area contributed by atoms with E-state index in [-0.39, 0.29) is 23.9 Å². The van der Waals surface area contributed by atoms with E-state index in [0.29, 0.717) is 6.42 Å². The van der Waals surface area contributed by atoms with Gasteiger partial charge in [-0.05, 0) is 18.1 Å². The van der Waals surface area contributed by atoms with E-state index in [1.54, 1.807) is 14.2 Å². The number of methoxy groups -OCH3 is 1. The number of hydrogen-bond acceptors (Lipinski definition) is 4. The number of nitrogens with zero attached hydrogens (tertiary/aromatic N) is 2. The molecule has 126 valence electrons. The summed E-state index contributed by atoms with van der Waals surface area (Å²) in [6.45, 7) is 1.95. The van der Waals surface area contributed by atoms with Gasteiger partial charge in [0.05, 0.1) is 18.1 Å². The minimum absolute atomic E-state index is 0.00532. The zero-order valence-corrected chi connectivity index (χ0v) is 14.3. The van der Waals surface area contributed by atoms with Crippen LogP contribution in [0, 0.1) is 0 Å². The van der Waals surface area contributed by atoms with Crippen molar-refractivity contribution in [2.24, 2.45) is 10.7 Å². The SMILES string of the molecule is COC1C=CC=CC1c1cccc(C2(C)CC(=O)N(C)C(N)=N2)c1. The number of benzene rings is 1. The maximum absolute atomic E-state index is 12.2. The first kappa shape index (κ1) is 16.5. The first-order chi connectivity index (χ1) is 11.4. The van der Waals surface area contributed by atoms with Crippen molar-refractivity contribution >= 4 is 11.9 Å². The van der Waals surface area contributed by atoms with Crippen LogP contribution in [0.1, 0.15) is 30.4 Å². The molecule has 0 aromatic heterocycles. The number of carbonyl (C=O) groups is 1. The molecule has 1 aliphatic heterocycles. The molecule has 1 aromatic rings. The van der Waals surface area contributed by atoms with Gasteiger partial charge < -0.3 is 10.5 Å². The largest absolute Gasteiger partial charge is 0.376 e. The van der Waals surface area contributed by atoms with Crippen LogP contribution in [0.3, 0.4) is 0 Å². The molecule has 0 bridgehead atoms. The maximum atomic E-state index is 12.2. The zero-order chi connectivity index (χ0) is 17.3. The summed E-state index contributed by atoms with van der Waals surface area (Å²) in [7, 11) is 3.37. The van der Waals surface area contributed by atoms with E-state index in [2.05, 4.69) is 23.2 Å². The quantitative estimate of drug-likeness (QED) is 0.927. The lowest BCUT2D eigenvalue weighted by Crippen LogP contribution is -2.47. The average molecular weight is 325 g/mol. The van der Waals surface area contributed by atoms with Crippen molar-refractivity contribution < 1.29 is 9.53 Å². The second-order valence-electron chi connectivity index (χ2n) is 6.49. The first-order valence-electron chi connectivity index (χ1n) is 8.05. The van der Waals surface area contributed by atoms with Gasteiger partial charge in [-0.1, -0.05) is 48.6 Å². The molecular weight excluding hydrogens is 302 g/mol. The predicted octanol–water partition coefficient (Wildman–Crippen LogP) is 2.30. The van der Waals surface area contributed by atoms with Gasteiger partial charge in [-0.2, -0.15) is 0 Å². The number of nitrogens with two attached hydrogens (primary N) is 1. The third kappa shape index (κ3) is 2.87. The van der Waals surface area contributed by atoms with Crippen LogP contribution in [0.15, 0.2) is 53.6 Å². The van der Waals surface area contributed by atoms with Crippen LogP contribution in [-0.4, -0.2) is 37.0 Å². The Morgan fingerprint density at radius 2 is 2.08 bits per heavy atom. The highest BCUT2D eigenvalue weighted by Gasteiger charge is 2.36. The highest BCUT2D eigenvalue weighted by molar-refractivity contribution is 5.98. The minimum atomic E-state index is -0.638. The van der Waals surface area contributed by atoms with Gasteiger partial charge in [0.1, 0.15) is 0 Å². The normalized spacial score (nSPS) is 29.7. The molecule has 2 aliphatic rings. The summed E-state index contributed by atoms with van der Waals surface area (Å²) >= 11 is 0. The van der Waals surface area contributed by atoms with Crippen molar-refractivity contribution in [2.75, 3.05) is 14.2 Å². The van der Waals surface area contributed by atoms with E-state index < -0.39 is 5.54 Å². The van der Waals surface area contributed by atoms with Crippen molar-refractivity contribution in [3.8, 4) is 0 Å². The van der Waals surface area contributed by atoms with Gasteiger partial charge in [0.2, 0.25) is 5.91 Å².